The third kappa shape index (κ3) is 7.86. The lowest BCUT2D eigenvalue weighted by atomic mass is 10.0. The Labute approximate surface area is 205 Å². The number of nitrogens with one attached hydrogen (secondary N) is 1. The quantitative estimate of drug-likeness (QED) is 0.346. The fraction of sp³-hybridized carbons (Fsp3) is 0.286. The molecule has 0 saturated carbocycles. The van der Waals surface area contributed by atoms with Crippen LogP contribution in [0.15, 0.2) is 89.4 Å². The Morgan fingerprint density at radius 2 is 1.52 bits per heavy atom. The van der Waals surface area contributed by atoms with E-state index in [0.717, 1.165) is 34.0 Å². The van der Waals surface area contributed by atoms with Gasteiger partial charge in [-0.15, -0.1) is 0 Å². The summed E-state index contributed by atoms with van der Waals surface area (Å²) in [7, 11) is 0. The molecule has 172 valence electrons. The van der Waals surface area contributed by atoms with Crippen LogP contribution in [0, 0.1) is 0 Å². The van der Waals surface area contributed by atoms with Gasteiger partial charge in [-0.05, 0) is 35.2 Å². The Hall–Kier alpha value is -2.92. The van der Waals surface area contributed by atoms with Crippen LogP contribution in [0.3, 0.4) is 0 Å². The van der Waals surface area contributed by atoms with Crippen molar-refractivity contribution in [3.8, 4) is 0 Å². The molecule has 5 heteroatoms. The van der Waals surface area contributed by atoms with E-state index in [1.165, 1.54) is 0 Å². The van der Waals surface area contributed by atoms with Gasteiger partial charge in [0, 0.05) is 24.0 Å². The van der Waals surface area contributed by atoms with Crippen LogP contribution in [0.5, 0.6) is 0 Å². The zero-order valence-electron chi connectivity index (χ0n) is 19.0. The first-order chi connectivity index (χ1) is 16.1. The second kappa shape index (κ2) is 12.9. The van der Waals surface area contributed by atoms with E-state index in [1.807, 2.05) is 84.9 Å². The van der Waals surface area contributed by atoms with Gasteiger partial charge in [-0.3, -0.25) is 9.59 Å². The summed E-state index contributed by atoms with van der Waals surface area (Å²) < 4.78 is 0.947. The van der Waals surface area contributed by atoms with Crippen LogP contribution < -0.4 is 5.32 Å². The summed E-state index contributed by atoms with van der Waals surface area (Å²) in [6, 6.07) is 26.9. The first-order valence-electron chi connectivity index (χ1n) is 11.5. The van der Waals surface area contributed by atoms with Gasteiger partial charge < -0.3 is 10.2 Å². The molecule has 0 heterocycles. The fourth-order valence-electron chi connectivity index (χ4n) is 3.76. The second-order valence-electron chi connectivity index (χ2n) is 8.16. The topological polar surface area (TPSA) is 49.4 Å². The number of carbonyl (C=O) groups excluding carboxylic acids is 2. The molecule has 1 atom stereocenters. The number of hydrogen-bond acceptors (Lipinski definition) is 2. The lowest BCUT2D eigenvalue weighted by Gasteiger charge is -2.32. The molecule has 33 heavy (non-hydrogen) atoms. The summed E-state index contributed by atoms with van der Waals surface area (Å²) in [5.41, 5.74) is 2.94. The van der Waals surface area contributed by atoms with E-state index in [1.54, 1.807) is 4.90 Å². The SMILES string of the molecule is CCCCNC(=O)[C@H](Cc1ccccc1)N(Cc1cccc(Br)c1)C(=O)Cc1ccccc1. The van der Waals surface area contributed by atoms with E-state index in [2.05, 4.69) is 28.2 Å². The maximum absolute atomic E-state index is 13.6. The minimum atomic E-state index is -0.598. The highest BCUT2D eigenvalue weighted by molar-refractivity contribution is 9.10. The first-order valence-corrected chi connectivity index (χ1v) is 12.3. The van der Waals surface area contributed by atoms with Crippen molar-refractivity contribution in [2.24, 2.45) is 0 Å². The highest BCUT2D eigenvalue weighted by Gasteiger charge is 2.30. The summed E-state index contributed by atoms with van der Waals surface area (Å²) in [6.45, 7) is 3.07. The molecule has 0 aliphatic carbocycles. The number of hydrogen-bond donors (Lipinski definition) is 1. The standard InChI is InChI=1S/C28H31BrN2O2/c1-2-3-17-30-28(33)26(19-22-11-6-4-7-12-22)31(21-24-15-10-16-25(29)18-24)27(32)20-23-13-8-5-9-14-23/h4-16,18,26H,2-3,17,19-21H2,1H3,(H,30,33)/t26-/m0/s1. The van der Waals surface area contributed by atoms with Gasteiger partial charge in [0.2, 0.25) is 11.8 Å². The number of unbranched alkanes of at least 4 members (excludes halogenated alkanes) is 1. The highest BCUT2D eigenvalue weighted by atomic mass is 79.9. The van der Waals surface area contributed by atoms with Crippen molar-refractivity contribution in [2.75, 3.05) is 6.54 Å². The summed E-state index contributed by atoms with van der Waals surface area (Å²) in [5.74, 6) is -0.170. The fourth-order valence-corrected chi connectivity index (χ4v) is 4.21. The number of nitrogens with zero attached hydrogens (tertiary/aromatic N) is 1. The molecule has 0 radical (unpaired) electrons. The van der Waals surface area contributed by atoms with Crippen LogP contribution in [-0.2, 0) is 29.0 Å². The smallest absolute Gasteiger partial charge is 0.243 e. The number of rotatable bonds is 11. The van der Waals surface area contributed by atoms with Crippen LogP contribution in [0.2, 0.25) is 0 Å². The molecular weight excluding hydrogens is 476 g/mol. The Kier molecular flexibility index (Phi) is 9.70. The summed E-state index contributed by atoms with van der Waals surface area (Å²) in [6.07, 6.45) is 2.63. The third-order valence-corrected chi connectivity index (χ3v) is 6.03. The number of carbonyl (C=O) groups is 2. The van der Waals surface area contributed by atoms with Gasteiger partial charge >= 0.3 is 0 Å². The van der Waals surface area contributed by atoms with Crippen molar-refractivity contribution >= 4 is 27.7 Å². The second-order valence-corrected chi connectivity index (χ2v) is 9.08. The molecule has 0 aliphatic rings. The summed E-state index contributed by atoms with van der Waals surface area (Å²) >= 11 is 3.52. The molecule has 0 saturated heterocycles. The van der Waals surface area contributed by atoms with E-state index in [-0.39, 0.29) is 18.2 Å². The van der Waals surface area contributed by atoms with Crippen molar-refractivity contribution in [1.29, 1.82) is 0 Å². The minimum Gasteiger partial charge on any atom is -0.354 e. The molecule has 2 amide bonds. The van der Waals surface area contributed by atoms with Crippen molar-refractivity contribution in [1.82, 2.24) is 10.2 Å². The Bertz CT molecular complexity index is 1020. The van der Waals surface area contributed by atoms with Gasteiger partial charge in [-0.1, -0.05) is 102 Å². The zero-order chi connectivity index (χ0) is 23.5. The number of halogens is 1. The summed E-state index contributed by atoms with van der Waals surface area (Å²) in [4.78, 5) is 28.7. The van der Waals surface area contributed by atoms with E-state index >= 15 is 0 Å². The molecule has 0 unspecified atom stereocenters. The van der Waals surface area contributed by atoms with Gasteiger partial charge in [0.05, 0.1) is 6.42 Å². The molecule has 0 fully saturated rings. The predicted molar refractivity (Wildman–Crippen MR) is 137 cm³/mol. The molecular formula is C28H31BrN2O2. The Balaban J connectivity index is 1.92. The van der Waals surface area contributed by atoms with Gasteiger partial charge in [0.1, 0.15) is 6.04 Å². The van der Waals surface area contributed by atoms with Crippen molar-refractivity contribution in [3.05, 3.63) is 106 Å². The van der Waals surface area contributed by atoms with Crippen LogP contribution in [0.4, 0.5) is 0 Å². The normalized spacial score (nSPS) is 11.6. The van der Waals surface area contributed by atoms with E-state index < -0.39 is 6.04 Å². The zero-order valence-corrected chi connectivity index (χ0v) is 20.6. The first kappa shape index (κ1) is 24.7. The Morgan fingerprint density at radius 1 is 0.879 bits per heavy atom. The van der Waals surface area contributed by atoms with Gasteiger partial charge in [0.15, 0.2) is 0 Å². The molecule has 3 aromatic carbocycles. The van der Waals surface area contributed by atoms with Crippen molar-refractivity contribution < 1.29 is 9.59 Å². The largest absolute Gasteiger partial charge is 0.354 e. The van der Waals surface area contributed by atoms with E-state index in [9.17, 15) is 9.59 Å². The predicted octanol–water partition coefficient (Wildman–Crippen LogP) is 5.55. The van der Waals surface area contributed by atoms with Crippen LogP contribution in [-0.4, -0.2) is 29.3 Å². The maximum atomic E-state index is 13.6. The maximum Gasteiger partial charge on any atom is 0.243 e. The average molecular weight is 507 g/mol. The van der Waals surface area contributed by atoms with Gasteiger partial charge in [0.25, 0.3) is 0 Å². The van der Waals surface area contributed by atoms with Gasteiger partial charge in [-0.25, -0.2) is 0 Å². The molecule has 1 N–H and O–H groups in total. The monoisotopic (exact) mass is 506 g/mol. The molecule has 0 aromatic heterocycles. The number of benzene rings is 3. The highest BCUT2D eigenvalue weighted by Crippen LogP contribution is 2.19. The Morgan fingerprint density at radius 3 is 2.15 bits per heavy atom. The molecule has 3 rings (SSSR count). The third-order valence-electron chi connectivity index (χ3n) is 5.54. The number of amides is 2. The van der Waals surface area contributed by atoms with Crippen molar-refractivity contribution in [2.45, 2.75) is 45.2 Å². The van der Waals surface area contributed by atoms with Crippen LogP contribution in [0.1, 0.15) is 36.5 Å². The van der Waals surface area contributed by atoms with E-state index in [0.29, 0.717) is 19.5 Å². The van der Waals surface area contributed by atoms with E-state index in [4.69, 9.17) is 0 Å². The molecule has 0 spiro atoms. The molecule has 3 aromatic rings. The molecule has 4 nitrogen and oxygen atoms in total. The van der Waals surface area contributed by atoms with Crippen LogP contribution in [0.25, 0.3) is 0 Å². The van der Waals surface area contributed by atoms with Gasteiger partial charge in [-0.2, -0.15) is 0 Å². The minimum absolute atomic E-state index is 0.0623. The average Bonchev–Trinajstić information content (AvgIpc) is 2.82. The summed E-state index contributed by atoms with van der Waals surface area (Å²) in [5, 5.41) is 3.06. The molecule has 0 bridgehead atoms. The lowest BCUT2D eigenvalue weighted by Crippen LogP contribution is -2.51. The molecule has 0 aliphatic heterocycles. The lowest BCUT2D eigenvalue weighted by molar-refractivity contribution is -0.140. The van der Waals surface area contributed by atoms with Crippen molar-refractivity contribution in [3.63, 3.8) is 0 Å². The van der Waals surface area contributed by atoms with Crippen LogP contribution >= 0.6 is 15.9 Å².